The van der Waals surface area contributed by atoms with Crippen LogP contribution in [-0.4, -0.2) is 58.5 Å². The molecule has 1 aromatic carbocycles. The summed E-state index contributed by atoms with van der Waals surface area (Å²) in [4.78, 5) is 7.08. The second kappa shape index (κ2) is 10.6. The molecule has 2 aliphatic heterocycles. The number of benzene rings is 1. The lowest BCUT2D eigenvalue weighted by atomic mass is 10.1. The number of hydrogen-bond donors (Lipinski definition) is 2. The molecule has 6 nitrogen and oxygen atoms in total. The zero-order valence-electron chi connectivity index (χ0n) is 16.8. The second-order valence-electron chi connectivity index (χ2n) is 7.09. The predicted octanol–water partition coefficient (Wildman–Crippen LogP) is 3.22. The molecule has 0 amide bonds. The maximum atomic E-state index is 6.20. The standard InChI is InChI=1S/C21H31ClN4O2/c1-3-23-21(24-10-6-16-8-12-28-13-9-16)25-18-7-11-26(15-18)19-14-17(22)4-5-20(19)27-2/h4-5,8,14,18H,3,6-7,9-13,15H2,1-2H3,(H2,23,24,25). The number of ether oxygens (including phenoxy) is 2. The molecule has 2 heterocycles. The van der Waals surface area contributed by atoms with E-state index in [2.05, 4.69) is 28.5 Å². The van der Waals surface area contributed by atoms with Gasteiger partial charge in [0.2, 0.25) is 0 Å². The highest BCUT2D eigenvalue weighted by molar-refractivity contribution is 6.30. The number of nitrogens with zero attached hydrogens (tertiary/aromatic N) is 2. The molecule has 1 aromatic rings. The van der Waals surface area contributed by atoms with Gasteiger partial charge in [0.05, 0.1) is 26.0 Å². The largest absolute Gasteiger partial charge is 0.495 e. The number of methoxy groups -OCH3 is 1. The Hall–Kier alpha value is -1.92. The molecule has 0 bridgehead atoms. The van der Waals surface area contributed by atoms with Gasteiger partial charge in [-0.3, -0.25) is 4.99 Å². The van der Waals surface area contributed by atoms with Crippen molar-refractivity contribution in [1.29, 1.82) is 0 Å². The maximum absolute atomic E-state index is 6.20. The van der Waals surface area contributed by atoms with Gasteiger partial charge in [-0.25, -0.2) is 0 Å². The minimum atomic E-state index is 0.337. The van der Waals surface area contributed by atoms with E-state index in [0.717, 1.165) is 81.1 Å². The van der Waals surface area contributed by atoms with Crippen LogP contribution in [0, 0.1) is 0 Å². The molecular weight excluding hydrogens is 376 g/mol. The molecule has 154 valence electrons. The van der Waals surface area contributed by atoms with Crippen molar-refractivity contribution < 1.29 is 9.47 Å². The smallest absolute Gasteiger partial charge is 0.191 e. The number of guanidine groups is 1. The number of nitrogens with one attached hydrogen (secondary N) is 2. The van der Waals surface area contributed by atoms with Gasteiger partial charge in [-0.15, -0.1) is 0 Å². The van der Waals surface area contributed by atoms with Crippen molar-refractivity contribution in [2.45, 2.75) is 32.2 Å². The summed E-state index contributed by atoms with van der Waals surface area (Å²) in [5, 5.41) is 7.68. The van der Waals surface area contributed by atoms with E-state index in [1.807, 2.05) is 18.2 Å². The van der Waals surface area contributed by atoms with Gasteiger partial charge in [0.15, 0.2) is 5.96 Å². The molecule has 0 radical (unpaired) electrons. The summed E-state index contributed by atoms with van der Waals surface area (Å²) < 4.78 is 10.9. The Balaban J connectivity index is 1.56. The van der Waals surface area contributed by atoms with Crippen LogP contribution >= 0.6 is 11.6 Å². The summed E-state index contributed by atoms with van der Waals surface area (Å²) in [5.41, 5.74) is 2.50. The van der Waals surface area contributed by atoms with Crippen LogP contribution in [0.3, 0.4) is 0 Å². The highest BCUT2D eigenvalue weighted by Gasteiger charge is 2.25. The van der Waals surface area contributed by atoms with Crippen LogP contribution in [0.1, 0.15) is 26.2 Å². The first-order valence-corrected chi connectivity index (χ1v) is 10.5. The van der Waals surface area contributed by atoms with Gasteiger partial charge in [0.1, 0.15) is 5.75 Å². The Morgan fingerprint density at radius 1 is 1.43 bits per heavy atom. The van der Waals surface area contributed by atoms with Gasteiger partial charge in [0.25, 0.3) is 0 Å². The molecule has 2 N–H and O–H groups in total. The zero-order chi connectivity index (χ0) is 19.8. The van der Waals surface area contributed by atoms with Crippen molar-refractivity contribution in [3.63, 3.8) is 0 Å². The molecule has 28 heavy (non-hydrogen) atoms. The monoisotopic (exact) mass is 406 g/mol. The molecular formula is C21H31ClN4O2. The van der Waals surface area contributed by atoms with E-state index >= 15 is 0 Å². The highest BCUT2D eigenvalue weighted by Crippen LogP contribution is 2.33. The summed E-state index contributed by atoms with van der Waals surface area (Å²) >= 11 is 6.20. The van der Waals surface area contributed by atoms with E-state index in [9.17, 15) is 0 Å². The Labute approximate surface area is 172 Å². The van der Waals surface area contributed by atoms with Gasteiger partial charge in [-0.05, 0) is 44.4 Å². The molecule has 1 atom stereocenters. The molecule has 1 fully saturated rings. The Bertz CT molecular complexity index is 708. The Morgan fingerprint density at radius 2 is 2.32 bits per heavy atom. The van der Waals surface area contributed by atoms with Crippen molar-refractivity contribution in [3.05, 3.63) is 34.9 Å². The molecule has 0 spiro atoms. The molecule has 0 aromatic heterocycles. The van der Waals surface area contributed by atoms with Crippen LogP contribution in [0.5, 0.6) is 5.75 Å². The van der Waals surface area contributed by atoms with Crippen LogP contribution < -0.4 is 20.3 Å². The zero-order valence-corrected chi connectivity index (χ0v) is 17.6. The van der Waals surface area contributed by atoms with Crippen LogP contribution in [0.2, 0.25) is 5.02 Å². The number of aliphatic imine (C=N–C) groups is 1. The van der Waals surface area contributed by atoms with E-state index in [-0.39, 0.29) is 0 Å². The molecule has 1 saturated heterocycles. The van der Waals surface area contributed by atoms with E-state index < -0.39 is 0 Å². The van der Waals surface area contributed by atoms with Gasteiger partial charge in [0, 0.05) is 37.2 Å². The number of anilines is 1. The summed E-state index contributed by atoms with van der Waals surface area (Å²) in [5.74, 6) is 1.75. The van der Waals surface area contributed by atoms with Crippen LogP contribution in [0.15, 0.2) is 34.8 Å². The van der Waals surface area contributed by atoms with E-state index in [4.69, 9.17) is 26.1 Å². The third kappa shape index (κ3) is 5.79. The third-order valence-corrected chi connectivity index (χ3v) is 5.35. The lowest BCUT2D eigenvalue weighted by molar-refractivity contribution is 0.153. The molecule has 1 unspecified atom stereocenters. The number of hydrogen-bond acceptors (Lipinski definition) is 4. The normalized spacial score (nSPS) is 20.1. The van der Waals surface area contributed by atoms with Crippen LogP contribution in [0.4, 0.5) is 5.69 Å². The fraction of sp³-hybridized carbons (Fsp3) is 0.571. The van der Waals surface area contributed by atoms with Crippen molar-refractivity contribution in [3.8, 4) is 5.75 Å². The van der Waals surface area contributed by atoms with Crippen LogP contribution in [-0.2, 0) is 4.74 Å². The van der Waals surface area contributed by atoms with Crippen molar-refractivity contribution in [2.75, 3.05) is 51.4 Å². The molecule has 3 rings (SSSR count). The third-order valence-electron chi connectivity index (χ3n) is 5.12. The molecule has 7 heteroatoms. The molecule has 0 aliphatic carbocycles. The summed E-state index contributed by atoms with van der Waals surface area (Å²) in [6, 6.07) is 6.10. The number of halogens is 1. The van der Waals surface area contributed by atoms with E-state index in [0.29, 0.717) is 6.04 Å². The first kappa shape index (κ1) is 20.8. The summed E-state index contributed by atoms with van der Waals surface area (Å²) in [7, 11) is 1.70. The summed E-state index contributed by atoms with van der Waals surface area (Å²) in [6.07, 6.45) is 5.25. The predicted molar refractivity (Wildman–Crippen MR) is 116 cm³/mol. The fourth-order valence-electron chi connectivity index (χ4n) is 3.62. The first-order chi connectivity index (χ1) is 13.7. The Morgan fingerprint density at radius 3 is 3.07 bits per heavy atom. The maximum Gasteiger partial charge on any atom is 0.191 e. The topological polar surface area (TPSA) is 58.1 Å². The van der Waals surface area contributed by atoms with Gasteiger partial charge in [-0.2, -0.15) is 0 Å². The quantitative estimate of drug-likeness (QED) is 0.413. The van der Waals surface area contributed by atoms with Crippen LogP contribution in [0.25, 0.3) is 0 Å². The van der Waals surface area contributed by atoms with Gasteiger partial charge < -0.3 is 25.0 Å². The minimum absolute atomic E-state index is 0.337. The fourth-order valence-corrected chi connectivity index (χ4v) is 3.79. The highest BCUT2D eigenvalue weighted by atomic mass is 35.5. The number of rotatable bonds is 7. The minimum Gasteiger partial charge on any atom is -0.495 e. The van der Waals surface area contributed by atoms with Crippen molar-refractivity contribution in [2.24, 2.45) is 4.99 Å². The Kier molecular flexibility index (Phi) is 7.86. The lowest BCUT2D eigenvalue weighted by Crippen LogP contribution is -2.44. The van der Waals surface area contributed by atoms with Crippen molar-refractivity contribution >= 4 is 23.2 Å². The van der Waals surface area contributed by atoms with E-state index in [1.54, 1.807) is 7.11 Å². The molecule has 2 aliphatic rings. The van der Waals surface area contributed by atoms with Crippen molar-refractivity contribution in [1.82, 2.24) is 10.6 Å². The van der Waals surface area contributed by atoms with Gasteiger partial charge in [-0.1, -0.05) is 23.3 Å². The second-order valence-corrected chi connectivity index (χ2v) is 7.53. The lowest BCUT2D eigenvalue weighted by Gasteiger charge is -2.22. The molecule has 0 saturated carbocycles. The first-order valence-electron chi connectivity index (χ1n) is 10.1. The average molecular weight is 407 g/mol. The van der Waals surface area contributed by atoms with E-state index in [1.165, 1.54) is 5.57 Å². The van der Waals surface area contributed by atoms with Gasteiger partial charge >= 0.3 is 0 Å². The summed E-state index contributed by atoms with van der Waals surface area (Å²) in [6.45, 7) is 7.15. The SMILES string of the molecule is CCNC(=NCCC1=CCOCC1)NC1CCN(c2cc(Cl)ccc2OC)C1. The average Bonchev–Trinajstić information content (AvgIpc) is 3.17.